The molecule has 2 N–H and O–H groups in total. The molecule has 5 heteroatoms. The van der Waals surface area contributed by atoms with Crippen molar-refractivity contribution in [3.05, 3.63) is 40.1 Å². The highest BCUT2D eigenvalue weighted by molar-refractivity contribution is 9.10. The monoisotopic (exact) mass is 312 g/mol. The smallest absolute Gasteiger partial charge is 0.128 e. The van der Waals surface area contributed by atoms with Gasteiger partial charge in [-0.1, -0.05) is 11.6 Å². The number of anilines is 1. The number of rotatable bonds is 2. The minimum absolute atomic E-state index is 0.583. The average Bonchev–Trinajstić information content (AvgIpc) is 2.30. The second-order valence-electron chi connectivity index (χ2n) is 3.43. The number of benzene rings is 1. The molecule has 2 rings (SSSR count). The van der Waals surface area contributed by atoms with Crippen LogP contribution in [0.5, 0.6) is 5.75 Å². The molecular formula is C12H10BrClN2O. The number of nitrogens with zero attached hydrogens (tertiary/aromatic N) is 1. The van der Waals surface area contributed by atoms with Crippen molar-refractivity contribution >= 4 is 33.2 Å². The molecule has 1 aromatic carbocycles. The van der Waals surface area contributed by atoms with Gasteiger partial charge in [0.15, 0.2) is 0 Å². The maximum atomic E-state index is 5.93. The third kappa shape index (κ3) is 2.37. The van der Waals surface area contributed by atoms with Gasteiger partial charge in [-0.2, -0.15) is 0 Å². The van der Waals surface area contributed by atoms with Crippen molar-refractivity contribution in [2.75, 3.05) is 12.8 Å². The van der Waals surface area contributed by atoms with Gasteiger partial charge in [0.25, 0.3) is 0 Å². The quantitative estimate of drug-likeness (QED) is 0.918. The second-order valence-corrected chi connectivity index (χ2v) is 4.72. The predicted octanol–water partition coefficient (Wildman–Crippen LogP) is 3.76. The van der Waals surface area contributed by atoms with Crippen LogP contribution in [0.3, 0.4) is 0 Å². The molecule has 17 heavy (non-hydrogen) atoms. The van der Waals surface area contributed by atoms with Crippen LogP contribution < -0.4 is 10.5 Å². The third-order valence-corrected chi connectivity index (χ3v) is 3.20. The molecule has 0 aliphatic carbocycles. The van der Waals surface area contributed by atoms with Gasteiger partial charge in [-0.3, -0.25) is 4.98 Å². The van der Waals surface area contributed by atoms with Gasteiger partial charge in [0, 0.05) is 26.8 Å². The Bertz CT molecular complexity index is 540. The zero-order valence-corrected chi connectivity index (χ0v) is 11.4. The maximum Gasteiger partial charge on any atom is 0.128 e. The van der Waals surface area contributed by atoms with Crippen LogP contribution in [0.1, 0.15) is 0 Å². The summed E-state index contributed by atoms with van der Waals surface area (Å²) >= 11 is 9.36. The number of nitrogens with two attached hydrogens (primary N) is 1. The van der Waals surface area contributed by atoms with Crippen molar-refractivity contribution < 1.29 is 4.74 Å². The van der Waals surface area contributed by atoms with E-state index in [1.165, 1.54) is 0 Å². The van der Waals surface area contributed by atoms with Gasteiger partial charge in [0.2, 0.25) is 0 Å². The highest BCUT2D eigenvalue weighted by Crippen LogP contribution is 2.39. The topological polar surface area (TPSA) is 48.1 Å². The van der Waals surface area contributed by atoms with Gasteiger partial charge >= 0.3 is 0 Å². The van der Waals surface area contributed by atoms with E-state index >= 15 is 0 Å². The van der Waals surface area contributed by atoms with E-state index in [-0.39, 0.29) is 0 Å². The summed E-state index contributed by atoms with van der Waals surface area (Å²) in [5, 5.41) is 0.620. The normalized spacial score (nSPS) is 10.3. The van der Waals surface area contributed by atoms with E-state index in [1.54, 1.807) is 31.6 Å². The van der Waals surface area contributed by atoms with Crippen LogP contribution in [0, 0.1) is 0 Å². The molecule has 0 bridgehead atoms. The Morgan fingerprint density at radius 1 is 1.35 bits per heavy atom. The largest absolute Gasteiger partial charge is 0.496 e. The van der Waals surface area contributed by atoms with E-state index in [0.29, 0.717) is 16.5 Å². The molecule has 0 saturated heterocycles. The fourth-order valence-electron chi connectivity index (χ4n) is 1.61. The molecule has 0 atom stereocenters. The first-order valence-electron chi connectivity index (χ1n) is 4.86. The Balaban J connectivity index is 2.68. The Kier molecular flexibility index (Phi) is 3.54. The van der Waals surface area contributed by atoms with Crippen LogP contribution in [-0.2, 0) is 0 Å². The van der Waals surface area contributed by atoms with E-state index < -0.39 is 0 Å². The standard InChI is InChI=1S/C12H10BrClN2O/c1-17-11-4-7(14)2-3-8(11)12-9(13)5-16-6-10(12)15/h2-6H,15H2,1H3. The summed E-state index contributed by atoms with van der Waals surface area (Å²) < 4.78 is 6.13. The van der Waals surface area contributed by atoms with Crippen molar-refractivity contribution in [2.24, 2.45) is 0 Å². The number of nitrogen functional groups attached to an aromatic ring is 1. The van der Waals surface area contributed by atoms with Crippen molar-refractivity contribution in [2.45, 2.75) is 0 Å². The first-order chi connectivity index (χ1) is 8.13. The zero-order valence-electron chi connectivity index (χ0n) is 9.08. The van der Waals surface area contributed by atoms with Crippen LogP contribution >= 0.6 is 27.5 Å². The lowest BCUT2D eigenvalue weighted by Crippen LogP contribution is -1.95. The Hall–Kier alpha value is -1.26. The molecule has 3 nitrogen and oxygen atoms in total. The number of pyridine rings is 1. The maximum absolute atomic E-state index is 5.93. The molecule has 0 unspecified atom stereocenters. The molecule has 2 aromatic rings. The van der Waals surface area contributed by atoms with E-state index in [0.717, 1.165) is 15.6 Å². The van der Waals surface area contributed by atoms with Crippen LogP contribution in [0.25, 0.3) is 11.1 Å². The summed E-state index contributed by atoms with van der Waals surface area (Å²) in [5.41, 5.74) is 8.25. The SMILES string of the molecule is COc1cc(Cl)ccc1-c1c(N)cncc1Br. The van der Waals surface area contributed by atoms with Crippen LogP contribution in [0.2, 0.25) is 5.02 Å². The fraction of sp³-hybridized carbons (Fsp3) is 0.0833. The number of aromatic nitrogens is 1. The molecule has 0 saturated carbocycles. The second kappa shape index (κ2) is 4.94. The number of ether oxygens (including phenoxy) is 1. The van der Waals surface area contributed by atoms with Gasteiger partial charge in [-0.05, 0) is 34.1 Å². The lowest BCUT2D eigenvalue weighted by Gasteiger charge is -2.12. The lowest BCUT2D eigenvalue weighted by atomic mass is 10.0. The number of hydrogen-bond acceptors (Lipinski definition) is 3. The third-order valence-electron chi connectivity index (χ3n) is 2.36. The van der Waals surface area contributed by atoms with Gasteiger partial charge in [0.1, 0.15) is 5.75 Å². The van der Waals surface area contributed by atoms with E-state index in [4.69, 9.17) is 22.1 Å². The minimum atomic E-state index is 0.583. The molecule has 0 radical (unpaired) electrons. The van der Waals surface area contributed by atoms with E-state index in [1.807, 2.05) is 6.07 Å². The summed E-state index contributed by atoms with van der Waals surface area (Å²) in [4.78, 5) is 4.00. The molecule has 1 heterocycles. The molecule has 0 amide bonds. The highest BCUT2D eigenvalue weighted by Gasteiger charge is 2.13. The highest BCUT2D eigenvalue weighted by atomic mass is 79.9. The summed E-state index contributed by atoms with van der Waals surface area (Å²) in [7, 11) is 1.60. The van der Waals surface area contributed by atoms with E-state index in [9.17, 15) is 0 Å². The van der Waals surface area contributed by atoms with Crippen molar-refractivity contribution in [1.29, 1.82) is 0 Å². The van der Waals surface area contributed by atoms with Crippen LogP contribution in [0.4, 0.5) is 5.69 Å². The van der Waals surface area contributed by atoms with Crippen molar-refractivity contribution in [3.8, 4) is 16.9 Å². The summed E-state index contributed by atoms with van der Waals surface area (Å²) in [5.74, 6) is 0.677. The van der Waals surface area contributed by atoms with Crippen molar-refractivity contribution in [3.63, 3.8) is 0 Å². The summed E-state index contributed by atoms with van der Waals surface area (Å²) in [6, 6.07) is 5.42. The molecule has 0 aliphatic heterocycles. The summed E-state index contributed by atoms with van der Waals surface area (Å²) in [6.07, 6.45) is 3.30. The Labute approximate surface area is 113 Å². The molecule has 0 fully saturated rings. The number of halogens is 2. The molecule has 1 aromatic heterocycles. The number of methoxy groups -OCH3 is 1. The Morgan fingerprint density at radius 2 is 2.12 bits per heavy atom. The van der Waals surface area contributed by atoms with Crippen LogP contribution in [-0.4, -0.2) is 12.1 Å². The van der Waals surface area contributed by atoms with Crippen LogP contribution in [0.15, 0.2) is 35.1 Å². The van der Waals surface area contributed by atoms with Gasteiger partial charge in [-0.25, -0.2) is 0 Å². The molecule has 0 aliphatic rings. The fourth-order valence-corrected chi connectivity index (χ4v) is 2.33. The first-order valence-corrected chi connectivity index (χ1v) is 6.03. The molecule has 88 valence electrons. The van der Waals surface area contributed by atoms with Crippen molar-refractivity contribution in [1.82, 2.24) is 4.98 Å². The Morgan fingerprint density at radius 3 is 2.76 bits per heavy atom. The predicted molar refractivity (Wildman–Crippen MR) is 73.3 cm³/mol. The lowest BCUT2D eigenvalue weighted by molar-refractivity contribution is 0.416. The zero-order chi connectivity index (χ0) is 12.4. The van der Waals surface area contributed by atoms with Gasteiger partial charge < -0.3 is 10.5 Å². The first kappa shape index (κ1) is 12.2. The number of hydrogen-bond donors (Lipinski definition) is 1. The van der Waals surface area contributed by atoms with Gasteiger partial charge in [-0.15, -0.1) is 0 Å². The summed E-state index contributed by atoms with van der Waals surface area (Å²) in [6.45, 7) is 0. The molecular weight excluding hydrogens is 304 g/mol. The average molecular weight is 314 g/mol. The molecule has 0 spiro atoms. The van der Waals surface area contributed by atoms with E-state index in [2.05, 4.69) is 20.9 Å². The minimum Gasteiger partial charge on any atom is -0.496 e. The van der Waals surface area contributed by atoms with Gasteiger partial charge in [0.05, 0.1) is 19.0 Å².